The molecule has 0 aliphatic carbocycles. The molecule has 0 atom stereocenters. The maximum atomic E-state index is 13.5. The average molecular weight is 472 g/mol. The minimum Gasteiger partial charge on any atom is -0.364 e. The van der Waals surface area contributed by atoms with E-state index in [9.17, 15) is 9.18 Å². The summed E-state index contributed by atoms with van der Waals surface area (Å²) < 4.78 is 14.5. The Kier molecular flexibility index (Phi) is 5.60. The summed E-state index contributed by atoms with van der Waals surface area (Å²) in [6.07, 6.45) is 0.972. The van der Waals surface area contributed by atoms with Crippen molar-refractivity contribution in [3.63, 3.8) is 0 Å². The van der Waals surface area contributed by atoms with Crippen LogP contribution < -0.4 is 16.4 Å². The first-order valence-electron chi connectivity index (χ1n) is 9.23. The number of aromatic nitrogens is 3. The van der Waals surface area contributed by atoms with E-state index < -0.39 is 11.7 Å². The maximum Gasteiger partial charge on any atom is 0.273 e. The second-order valence-electron chi connectivity index (χ2n) is 7.04. The first kappa shape index (κ1) is 20.2. The molecule has 0 unspecified atom stereocenters. The van der Waals surface area contributed by atoms with E-state index in [1.807, 2.05) is 12.1 Å². The van der Waals surface area contributed by atoms with Gasteiger partial charge >= 0.3 is 0 Å². The molecule has 154 valence electrons. The molecular formula is C20H19BrFN7O. The second-order valence-corrected chi connectivity index (χ2v) is 7.90. The Morgan fingerprint density at radius 3 is 2.80 bits per heavy atom. The van der Waals surface area contributed by atoms with Gasteiger partial charge in [0.15, 0.2) is 11.5 Å². The molecule has 2 aromatic carbocycles. The molecule has 1 aliphatic heterocycles. The van der Waals surface area contributed by atoms with Crippen LogP contribution in [0.4, 0.5) is 27.5 Å². The number of amides is 1. The van der Waals surface area contributed by atoms with Crippen molar-refractivity contribution in [3.05, 3.63) is 63.5 Å². The topological polar surface area (TPSA) is 109 Å². The number of benzene rings is 2. The number of rotatable bonds is 5. The lowest BCUT2D eigenvalue weighted by molar-refractivity contribution is 0.0995. The highest BCUT2D eigenvalue weighted by Gasteiger charge is 2.18. The molecule has 0 saturated heterocycles. The van der Waals surface area contributed by atoms with Crippen LogP contribution in [0.1, 0.15) is 21.6 Å². The number of halogens is 2. The van der Waals surface area contributed by atoms with Crippen LogP contribution in [0.3, 0.4) is 0 Å². The van der Waals surface area contributed by atoms with Gasteiger partial charge in [-0.25, -0.2) is 4.39 Å². The molecule has 0 fully saturated rings. The number of carbonyl (C=O) groups excluding carboxylic acids is 1. The van der Waals surface area contributed by atoms with Gasteiger partial charge in [-0.05, 0) is 54.9 Å². The van der Waals surface area contributed by atoms with Crippen LogP contribution >= 0.6 is 15.9 Å². The van der Waals surface area contributed by atoms with Gasteiger partial charge < -0.3 is 21.3 Å². The van der Waals surface area contributed by atoms with Gasteiger partial charge in [0.25, 0.3) is 5.91 Å². The third kappa shape index (κ3) is 4.39. The fourth-order valence-corrected chi connectivity index (χ4v) is 4.02. The Balaban J connectivity index is 1.64. The predicted octanol–water partition coefficient (Wildman–Crippen LogP) is 3.35. The van der Waals surface area contributed by atoms with E-state index >= 15 is 0 Å². The molecule has 2 heterocycles. The van der Waals surface area contributed by atoms with Gasteiger partial charge in [-0.1, -0.05) is 22.0 Å². The van der Waals surface area contributed by atoms with E-state index in [1.165, 1.54) is 29.3 Å². The first-order chi connectivity index (χ1) is 14.4. The zero-order valence-electron chi connectivity index (χ0n) is 16.1. The van der Waals surface area contributed by atoms with Crippen LogP contribution in [0, 0.1) is 5.82 Å². The highest BCUT2D eigenvalue weighted by Crippen LogP contribution is 2.31. The van der Waals surface area contributed by atoms with Crippen molar-refractivity contribution < 1.29 is 9.18 Å². The zero-order chi connectivity index (χ0) is 21.3. The van der Waals surface area contributed by atoms with E-state index in [-0.39, 0.29) is 17.5 Å². The number of likely N-dealkylation sites (N-methyl/N-ethyl adjacent to an activating group) is 1. The van der Waals surface area contributed by atoms with E-state index in [4.69, 9.17) is 5.73 Å². The van der Waals surface area contributed by atoms with Crippen LogP contribution in [0.15, 0.2) is 40.9 Å². The molecule has 3 aromatic rings. The summed E-state index contributed by atoms with van der Waals surface area (Å²) in [6, 6.07) is 9.76. The summed E-state index contributed by atoms with van der Waals surface area (Å²) in [4.78, 5) is 18.3. The smallest absolute Gasteiger partial charge is 0.273 e. The van der Waals surface area contributed by atoms with Crippen LogP contribution in [0.5, 0.6) is 0 Å². The molecule has 1 aliphatic rings. The number of carbonyl (C=O) groups is 1. The monoisotopic (exact) mass is 471 g/mol. The SMILES string of the molecule is CN1CCc2c(Br)cc(Nc3nnc(C(N)=O)c(Nc4cccc(F)c4)n3)cc2C1. The van der Waals surface area contributed by atoms with Gasteiger partial charge in [0.1, 0.15) is 5.82 Å². The van der Waals surface area contributed by atoms with Crippen LogP contribution in [-0.4, -0.2) is 39.6 Å². The molecule has 1 aromatic heterocycles. The van der Waals surface area contributed by atoms with Gasteiger partial charge in [0, 0.05) is 28.9 Å². The highest BCUT2D eigenvalue weighted by molar-refractivity contribution is 9.10. The minimum absolute atomic E-state index is 0.0855. The fourth-order valence-electron chi connectivity index (χ4n) is 3.32. The van der Waals surface area contributed by atoms with E-state index in [1.54, 1.807) is 6.07 Å². The molecule has 10 heteroatoms. The zero-order valence-corrected chi connectivity index (χ0v) is 17.7. The molecule has 0 saturated carbocycles. The lowest BCUT2D eigenvalue weighted by Crippen LogP contribution is -2.26. The second kappa shape index (κ2) is 8.33. The summed E-state index contributed by atoms with van der Waals surface area (Å²) >= 11 is 3.64. The largest absolute Gasteiger partial charge is 0.364 e. The van der Waals surface area contributed by atoms with E-state index in [2.05, 4.69) is 53.7 Å². The maximum absolute atomic E-state index is 13.5. The number of hydrogen-bond donors (Lipinski definition) is 3. The molecule has 1 amide bonds. The number of primary amides is 1. The normalized spacial score (nSPS) is 13.6. The number of nitrogens with zero attached hydrogens (tertiary/aromatic N) is 4. The van der Waals surface area contributed by atoms with Crippen molar-refractivity contribution in [2.24, 2.45) is 5.73 Å². The Morgan fingerprint density at radius 1 is 1.20 bits per heavy atom. The van der Waals surface area contributed by atoms with Crippen molar-refractivity contribution in [3.8, 4) is 0 Å². The van der Waals surface area contributed by atoms with E-state index in [0.29, 0.717) is 5.69 Å². The molecule has 4 rings (SSSR count). The van der Waals surface area contributed by atoms with Crippen molar-refractivity contribution in [1.29, 1.82) is 0 Å². The third-order valence-electron chi connectivity index (χ3n) is 4.74. The molecule has 0 spiro atoms. The number of nitrogens with one attached hydrogen (secondary N) is 2. The Morgan fingerprint density at radius 2 is 2.03 bits per heavy atom. The first-order valence-corrected chi connectivity index (χ1v) is 10.0. The van der Waals surface area contributed by atoms with Crippen molar-refractivity contribution in [1.82, 2.24) is 20.1 Å². The average Bonchev–Trinajstić information content (AvgIpc) is 2.67. The lowest BCUT2D eigenvalue weighted by atomic mass is 9.99. The van der Waals surface area contributed by atoms with Crippen LogP contribution in [0.25, 0.3) is 0 Å². The molecule has 0 bridgehead atoms. The number of anilines is 4. The molecule has 8 nitrogen and oxygen atoms in total. The van der Waals surface area contributed by atoms with Gasteiger partial charge in [-0.15, -0.1) is 10.2 Å². The molecule has 4 N–H and O–H groups in total. The van der Waals surface area contributed by atoms with Gasteiger partial charge in [0.05, 0.1) is 0 Å². The lowest BCUT2D eigenvalue weighted by Gasteiger charge is -2.26. The fraction of sp³-hybridized carbons (Fsp3) is 0.200. The van der Waals surface area contributed by atoms with Crippen LogP contribution in [0.2, 0.25) is 0 Å². The number of hydrogen-bond acceptors (Lipinski definition) is 7. The number of nitrogens with two attached hydrogens (primary N) is 1. The van der Waals surface area contributed by atoms with Gasteiger partial charge in [-0.3, -0.25) is 4.79 Å². The summed E-state index contributed by atoms with van der Waals surface area (Å²) in [5.74, 6) is -0.956. The highest BCUT2D eigenvalue weighted by atomic mass is 79.9. The quantitative estimate of drug-likeness (QED) is 0.523. The third-order valence-corrected chi connectivity index (χ3v) is 5.44. The van der Waals surface area contributed by atoms with Gasteiger partial charge in [-0.2, -0.15) is 4.98 Å². The molecular weight excluding hydrogens is 453 g/mol. The molecule has 30 heavy (non-hydrogen) atoms. The minimum atomic E-state index is -0.792. The Bertz CT molecular complexity index is 1120. The predicted molar refractivity (Wildman–Crippen MR) is 115 cm³/mol. The summed E-state index contributed by atoms with van der Waals surface area (Å²) in [6.45, 7) is 1.85. The molecule has 0 radical (unpaired) electrons. The summed E-state index contributed by atoms with van der Waals surface area (Å²) in [5, 5.41) is 13.8. The number of fused-ring (bicyclic) bond motifs is 1. The van der Waals surface area contributed by atoms with Crippen molar-refractivity contribution >= 4 is 45.0 Å². The van der Waals surface area contributed by atoms with Crippen molar-refractivity contribution in [2.45, 2.75) is 13.0 Å². The Labute approximate surface area is 180 Å². The van der Waals surface area contributed by atoms with Gasteiger partial charge in [0.2, 0.25) is 5.95 Å². The van der Waals surface area contributed by atoms with Crippen LogP contribution in [-0.2, 0) is 13.0 Å². The summed E-state index contributed by atoms with van der Waals surface area (Å²) in [5.41, 5.74) is 8.92. The standard InChI is InChI=1S/C20H19BrFN7O/c1-29-6-5-15-11(10-29)7-14(9-16(15)21)25-20-26-19(17(18(23)30)27-28-20)24-13-4-2-3-12(22)8-13/h2-4,7-9H,5-6,10H2,1H3,(H2,23,30)(H2,24,25,26,28). The Hall–Kier alpha value is -3.11. The van der Waals surface area contributed by atoms with E-state index in [0.717, 1.165) is 29.7 Å². The summed E-state index contributed by atoms with van der Waals surface area (Å²) in [7, 11) is 2.08. The van der Waals surface area contributed by atoms with Crippen molar-refractivity contribution in [2.75, 3.05) is 24.2 Å².